The summed E-state index contributed by atoms with van der Waals surface area (Å²) in [6.45, 7) is 7.33. The maximum absolute atomic E-state index is 12.5. The third kappa shape index (κ3) is 23.1. The molecule has 0 fully saturated rings. The van der Waals surface area contributed by atoms with E-state index in [0.717, 1.165) is 51.4 Å². The predicted molar refractivity (Wildman–Crippen MR) is 149 cm³/mol. The molecule has 0 aromatic heterocycles. The zero-order valence-corrected chi connectivity index (χ0v) is 23.9. The first kappa shape index (κ1) is 33.9. The summed E-state index contributed by atoms with van der Waals surface area (Å²) in [5.74, 6) is -1.52. The normalized spacial score (nSPS) is 11.2. The van der Waals surface area contributed by atoms with E-state index in [-0.39, 0.29) is 11.9 Å². The maximum Gasteiger partial charge on any atom is 0.320 e. The smallest absolute Gasteiger partial charge is 0.320 e. The van der Waals surface area contributed by atoms with Crippen LogP contribution in [-0.4, -0.2) is 25.2 Å². The Morgan fingerprint density at radius 2 is 0.714 bits per heavy atom. The van der Waals surface area contributed by atoms with Crippen LogP contribution in [0.4, 0.5) is 0 Å². The molecular formula is C31H60O4. The first-order valence-corrected chi connectivity index (χ1v) is 15.5. The average molecular weight is 497 g/mol. The molecule has 0 aliphatic carbocycles. The molecule has 0 unspecified atom stereocenters. The van der Waals surface area contributed by atoms with E-state index in [1.54, 1.807) is 0 Å². The van der Waals surface area contributed by atoms with Gasteiger partial charge in [0.05, 0.1) is 13.2 Å². The third-order valence-electron chi connectivity index (χ3n) is 6.90. The molecule has 0 saturated heterocycles. The van der Waals surface area contributed by atoms with E-state index >= 15 is 0 Å². The number of carbonyl (C=O) groups is 2. The van der Waals surface area contributed by atoms with E-state index in [4.69, 9.17) is 9.47 Å². The highest BCUT2D eigenvalue weighted by Crippen LogP contribution is 2.18. The van der Waals surface area contributed by atoms with Gasteiger partial charge >= 0.3 is 11.9 Å². The Balaban J connectivity index is 3.87. The lowest BCUT2D eigenvalue weighted by molar-refractivity contribution is -0.162. The molecule has 0 heterocycles. The summed E-state index contributed by atoms with van der Waals surface area (Å²) in [7, 11) is 0. The lowest BCUT2D eigenvalue weighted by atomic mass is 9.99. The summed E-state index contributed by atoms with van der Waals surface area (Å²) in [5, 5.41) is 0. The fourth-order valence-corrected chi connectivity index (χ4v) is 4.48. The summed E-state index contributed by atoms with van der Waals surface area (Å²) >= 11 is 0. The van der Waals surface area contributed by atoms with Crippen LogP contribution < -0.4 is 0 Å². The van der Waals surface area contributed by atoms with Crippen molar-refractivity contribution in [2.45, 2.75) is 168 Å². The van der Waals surface area contributed by atoms with Gasteiger partial charge in [0, 0.05) is 0 Å². The Bertz CT molecular complexity index is 439. The van der Waals surface area contributed by atoms with Crippen LogP contribution >= 0.6 is 0 Å². The van der Waals surface area contributed by atoms with Crippen molar-refractivity contribution in [3.63, 3.8) is 0 Å². The molecule has 0 radical (unpaired) electrons. The lowest BCUT2D eigenvalue weighted by Gasteiger charge is -2.15. The van der Waals surface area contributed by atoms with Crippen molar-refractivity contribution in [3.8, 4) is 0 Å². The molecule has 4 nitrogen and oxygen atoms in total. The Labute approximate surface area is 218 Å². The van der Waals surface area contributed by atoms with Gasteiger partial charge < -0.3 is 9.47 Å². The van der Waals surface area contributed by atoms with Crippen LogP contribution in [0.5, 0.6) is 0 Å². The molecular weight excluding hydrogens is 436 g/mol. The number of hydrogen-bond acceptors (Lipinski definition) is 4. The van der Waals surface area contributed by atoms with Gasteiger partial charge in [-0.05, 0) is 19.3 Å². The SMILES string of the molecule is CCCCCCCCCCCCCCCCCCC(C(=O)OCCCCC)C(=O)OCCCCC. The van der Waals surface area contributed by atoms with Gasteiger partial charge in [0.2, 0.25) is 0 Å². The van der Waals surface area contributed by atoms with E-state index in [1.165, 1.54) is 89.9 Å². The van der Waals surface area contributed by atoms with Gasteiger partial charge in [0.1, 0.15) is 0 Å². The number of esters is 2. The molecule has 0 aromatic rings. The monoisotopic (exact) mass is 496 g/mol. The van der Waals surface area contributed by atoms with Crippen molar-refractivity contribution in [3.05, 3.63) is 0 Å². The van der Waals surface area contributed by atoms with Crippen molar-refractivity contribution in [2.75, 3.05) is 13.2 Å². The molecule has 4 heteroatoms. The Kier molecular flexibility index (Phi) is 26.7. The van der Waals surface area contributed by atoms with Crippen LogP contribution in [0.2, 0.25) is 0 Å². The standard InChI is InChI=1S/C31H60O4/c1-4-7-10-11-12-13-14-15-16-17-18-19-20-21-22-23-26-29(30(32)34-27-24-8-5-2)31(33)35-28-25-9-6-3/h29H,4-28H2,1-3H3. The minimum atomic E-state index is -0.745. The van der Waals surface area contributed by atoms with Gasteiger partial charge in [-0.25, -0.2) is 0 Å². The summed E-state index contributed by atoms with van der Waals surface area (Å²) in [5.41, 5.74) is 0. The van der Waals surface area contributed by atoms with E-state index in [0.29, 0.717) is 19.6 Å². The van der Waals surface area contributed by atoms with Gasteiger partial charge in [0.15, 0.2) is 5.92 Å². The second-order valence-electron chi connectivity index (χ2n) is 10.4. The highest BCUT2D eigenvalue weighted by atomic mass is 16.6. The molecule has 35 heavy (non-hydrogen) atoms. The van der Waals surface area contributed by atoms with Gasteiger partial charge in [-0.15, -0.1) is 0 Å². The molecule has 208 valence electrons. The zero-order valence-electron chi connectivity index (χ0n) is 23.9. The van der Waals surface area contributed by atoms with Crippen molar-refractivity contribution >= 4 is 11.9 Å². The first-order valence-electron chi connectivity index (χ1n) is 15.5. The number of unbranched alkanes of at least 4 members (excludes halogenated alkanes) is 19. The fraction of sp³-hybridized carbons (Fsp3) is 0.935. The molecule has 0 aliphatic rings. The molecule has 0 N–H and O–H groups in total. The van der Waals surface area contributed by atoms with E-state index < -0.39 is 5.92 Å². The molecule has 0 amide bonds. The van der Waals surface area contributed by atoms with Crippen LogP contribution in [0.25, 0.3) is 0 Å². The number of rotatable bonds is 27. The van der Waals surface area contributed by atoms with Crippen molar-refractivity contribution in [1.29, 1.82) is 0 Å². The largest absolute Gasteiger partial charge is 0.465 e. The van der Waals surface area contributed by atoms with E-state index in [1.807, 2.05) is 0 Å². The number of hydrogen-bond donors (Lipinski definition) is 0. The Morgan fingerprint density at radius 1 is 0.429 bits per heavy atom. The van der Waals surface area contributed by atoms with E-state index in [9.17, 15) is 9.59 Å². The predicted octanol–water partition coefficient (Wildman–Crippen LogP) is 9.72. The molecule has 0 rings (SSSR count). The zero-order chi connectivity index (χ0) is 25.8. The maximum atomic E-state index is 12.5. The summed E-state index contributed by atoms with van der Waals surface area (Å²) in [6.07, 6.45) is 27.6. The molecule has 0 spiro atoms. The van der Waals surface area contributed by atoms with Gasteiger partial charge in [-0.3, -0.25) is 9.59 Å². The molecule has 0 aromatic carbocycles. The minimum Gasteiger partial charge on any atom is -0.465 e. The van der Waals surface area contributed by atoms with Crippen LogP contribution in [0.1, 0.15) is 168 Å². The first-order chi connectivity index (χ1) is 17.2. The Morgan fingerprint density at radius 3 is 1.06 bits per heavy atom. The molecule has 0 aliphatic heterocycles. The second kappa shape index (κ2) is 27.5. The summed E-state index contributed by atoms with van der Waals surface area (Å²) in [6, 6.07) is 0. The van der Waals surface area contributed by atoms with E-state index in [2.05, 4.69) is 20.8 Å². The lowest BCUT2D eigenvalue weighted by Crippen LogP contribution is -2.28. The third-order valence-corrected chi connectivity index (χ3v) is 6.90. The highest BCUT2D eigenvalue weighted by molar-refractivity contribution is 5.94. The van der Waals surface area contributed by atoms with Crippen molar-refractivity contribution < 1.29 is 19.1 Å². The minimum absolute atomic E-state index is 0.387. The molecule has 0 bridgehead atoms. The van der Waals surface area contributed by atoms with Crippen LogP contribution in [0.15, 0.2) is 0 Å². The highest BCUT2D eigenvalue weighted by Gasteiger charge is 2.29. The van der Waals surface area contributed by atoms with Crippen LogP contribution in [0, 0.1) is 5.92 Å². The van der Waals surface area contributed by atoms with Crippen LogP contribution in [0.3, 0.4) is 0 Å². The Hall–Kier alpha value is -1.06. The summed E-state index contributed by atoms with van der Waals surface area (Å²) in [4.78, 5) is 25.0. The fourth-order valence-electron chi connectivity index (χ4n) is 4.48. The summed E-state index contributed by atoms with van der Waals surface area (Å²) < 4.78 is 10.8. The van der Waals surface area contributed by atoms with Crippen LogP contribution in [-0.2, 0) is 19.1 Å². The van der Waals surface area contributed by atoms with Crippen molar-refractivity contribution in [2.24, 2.45) is 5.92 Å². The quantitative estimate of drug-likeness (QED) is 0.0645. The molecule has 0 atom stereocenters. The van der Waals surface area contributed by atoms with Gasteiger partial charge in [0.25, 0.3) is 0 Å². The van der Waals surface area contributed by atoms with Gasteiger partial charge in [-0.2, -0.15) is 0 Å². The van der Waals surface area contributed by atoms with Gasteiger partial charge in [-0.1, -0.05) is 149 Å². The second-order valence-corrected chi connectivity index (χ2v) is 10.4. The average Bonchev–Trinajstić information content (AvgIpc) is 2.86. The number of ether oxygens (including phenoxy) is 2. The molecule has 0 saturated carbocycles. The number of carbonyl (C=O) groups excluding carboxylic acids is 2. The van der Waals surface area contributed by atoms with Crippen molar-refractivity contribution in [1.82, 2.24) is 0 Å². The topological polar surface area (TPSA) is 52.6 Å².